The van der Waals surface area contributed by atoms with Gasteiger partial charge in [0, 0.05) is 13.1 Å². The van der Waals surface area contributed by atoms with E-state index in [1.807, 2.05) is 13.1 Å². The van der Waals surface area contributed by atoms with E-state index in [2.05, 4.69) is 27.7 Å². The Kier molecular flexibility index (Phi) is 1.71. The SMILES string of the molecule is Cn1nc(C#N)cc1I. The second-order valence-electron chi connectivity index (χ2n) is 1.59. The van der Waals surface area contributed by atoms with Crippen molar-refractivity contribution in [1.82, 2.24) is 9.78 Å². The van der Waals surface area contributed by atoms with Gasteiger partial charge in [0.1, 0.15) is 6.07 Å². The lowest BCUT2D eigenvalue weighted by molar-refractivity contribution is 0.743. The molecule has 0 N–H and O–H groups in total. The Morgan fingerprint density at radius 3 is 2.78 bits per heavy atom. The molecule has 9 heavy (non-hydrogen) atoms. The molecule has 0 radical (unpaired) electrons. The highest BCUT2D eigenvalue weighted by Crippen LogP contribution is 2.03. The number of rotatable bonds is 0. The third-order valence-corrected chi connectivity index (χ3v) is 1.95. The quantitative estimate of drug-likeness (QED) is 0.624. The molecular weight excluding hydrogens is 229 g/mol. The highest BCUT2D eigenvalue weighted by molar-refractivity contribution is 14.1. The van der Waals surface area contributed by atoms with Gasteiger partial charge in [-0.15, -0.1) is 0 Å². The Balaban J connectivity index is 3.16. The summed E-state index contributed by atoms with van der Waals surface area (Å²) in [7, 11) is 1.81. The minimum absolute atomic E-state index is 0.474. The molecule has 1 rings (SSSR count). The molecule has 0 saturated carbocycles. The largest absolute Gasteiger partial charge is 0.261 e. The fourth-order valence-corrected chi connectivity index (χ4v) is 0.902. The number of aryl methyl sites for hydroxylation is 1. The van der Waals surface area contributed by atoms with Crippen molar-refractivity contribution in [1.29, 1.82) is 5.26 Å². The molecule has 0 aliphatic carbocycles. The Morgan fingerprint density at radius 1 is 1.89 bits per heavy atom. The Hall–Kier alpha value is -0.570. The first-order valence-electron chi connectivity index (χ1n) is 2.33. The molecule has 0 aromatic carbocycles. The Bertz CT molecular complexity index is 238. The van der Waals surface area contributed by atoms with Crippen LogP contribution in [-0.2, 0) is 7.05 Å². The van der Waals surface area contributed by atoms with Crippen LogP contribution in [0.3, 0.4) is 0 Å². The molecule has 1 heterocycles. The predicted octanol–water partition coefficient (Wildman–Crippen LogP) is 0.896. The van der Waals surface area contributed by atoms with Gasteiger partial charge in [0.15, 0.2) is 5.69 Å². The molecule has 1 aromatic heterocycles. The van der Waals surface area contributed by atoms with Gasteiger partial charge < -0.3 is 0 Å². The second-order valence-corrected chi connectivity index (χ2v) is 2.69. The first kappa shape index (κ1) is 6.55. The zero-order chi connectivity index (χ0) is 6.85. The zero-order valence-electron chi connectivity index (χ0n) is 4.80. The fraction of sp³-hybridized carbons (Fsp3) is 0.200. The van der Waals surface area contributed by atoms with Gasteiger partial charge in [0.25, 0.3) is 0 Å². The summed E-state index contributed by atoms with van der Waals surface area (Å²) in [6.07, 6.45) is 0. The van der Waals surface area contributed by atoms with Gasteiger partial charge in [-0.25, -0.2) is 0 Å². The topological polar surface area (TPSA) is 41.6 Å². The molecule has 0 unspecified atom stereocenters. The lowest BCUT2D eigenvalue weighted by atomic mass is 10.5. The average molecular weight is 233 g/mol. The molecular formula is C5H4IN3. The number of nitriles is 1. The minimum Gasteiger partial charge on any atom is -0.261 e. The smallest absolute Gasteiger partial charge is 0.163 e. The molecule has 0 amide bonds. The first-order chi connectivity index (χ1) is 4.24. The van der Waals surface area contributed by atoms with Crippen LogP contribution in [0.5, 0.6) is 0 Å². The van der Waals surface area contributed by atoms with Gasteiger partial charge >= 0.3 is 0 Å². The second kappa shape index (κ2) is 2.35. The van der Waals surface area contributed by atoms with Crippen LogP contribution in [0.4, 0.5) is 0 Å². The number of hydrogen-bond acceptors (Lipinski definition) is 2. The monoisotopic (exact) mass is 233 g/mol. The summed E-state index contributed by atoms with van der Waals surface area (Å²) in [6, 6.07) is 3.69. The number of hydrogen-bond donors (Lipinski definition) is 0. The third-order valence-electron chi connectivity index (χ3n) is 0.937. The maximum Gasteiger partial charge on any atom is 0.163 e. The maximum atomic E-state index is 8.35. The molecule has 0 atom stereocenters. The van der Waals surface area contributed by atoms with E-state index in [1.54, 1.807) is 10.7 Å². The lowest BCUT2D eigenvalue weighted by Crippen LogP contribution is -1.91. The average Bonchev–Trinajstić information content (AvgIpc) is 2.13. The van der Waals surface area contributed by atoms with Crippen LogP contribution in [0.25, 0.3) is 0 Å². The van der Waals surface area contributed by atoms with E-state index in [9.17, 15) is 0 Å². The summed E-state index contributed by atoms with van der Waals surface area (Å²) in [5.41, 5.74) is 0.474. The summed E-state index contributed by atoms with van der Waals surface area (Å²) in [5, 5.41) is 12.2. The van der Waals surface area contributed by atoms with Crippen LogP contribution < -0.4 is 0 Å². The molecule has 0 bridgehead atoms. The van der Waals surface area contributed by atoms with Gasteiger partial charge in [-0.3, -0.25) is 4.68 Å². The number of halogens is 1. The van der Waals surface area contributed by atoms with Crippen molar-refractivity contribution < 1.29 is 0 Å². The van der Waals surface area contributed by atoms with E-state index in [4.69, 9.17) is 5.26 Å². The van der Waals surface area contributed by atoms with Gasteiger partial charge in [0.05, 0.1) is 3.70 Å². The molecule has 1 aromatic rings. The van der Waals surface area contributed by atoms with E-state index in [0.717, 1.165) is 3.70 Å². The summed E-state index contributed by atoms with van der Waals surface area (Å²) in [5.74, 6) is 0. The van der Waals surface area contributed by atoms with Crippen molar-refractivity contribution in [2.24, 2.45) is 7.05 Å². The lowest BCUT2D eigenvalue weighted by Gasteiger charge is -1.85. The van der Waals surface area contributed by atoms with E-state index in [1.165, 1.54) is 0 Å². The van der Waals surface area contributed by atoms with E-state index in [-0.39, 0.29) is 0 Å². The number of nitrogens with zero attached hydrogens (tertiary/aromatic N) is 3. The van der Waals surface area contributed by atoms with E-state index < -0.39 is 0 Å². The van der Waals surface area contributed by atoms with Gasteiger partial charge in [0.2, 0.25) is 0 Å². The normalized spacial score (nSPS) is 9.00. The molecule has 46 valence electrons. The molecule has 0 spiro atoms. The highest BCUT2D eigenvalue weighted by atomic mass is 127. The van der Waals surface area contributed by atoms with Crippen LogP contribution in [0, 0.1) is 15.0 Å². The zero-order valence-corrected chi connectivity index (χ0v) is 6.95. The van der Waals surface area contributed by atoms with Crippen LogP contribution in [-0.4, -0.2) is 9.78 Å². The third kappa shape index (κ3) is 1.21. The molecule has 0 saturated heterocycles. The van der Waals surface area contributed by atoms with Crippen LogP contribution in [0.1, 0.15) is 5.69 Å². The molecule has 3 nitrogen and oxygen atoms in total. The van der Waals surface area contributed by atoms with E-state index in [0.29, 0.717) is 5.69 Å². The molecule has 0 aliphatic rings. The summed E-state index contributed by atoms with van der Waals surface area (Å²) in [4.78, 5) is 0. The van der Waals surface area contributed by atoms with Crippen LogP contribution >= 0.6 is 22.6 Å². The van der Waals surface area contributed by atoms with Gasteiger partial charge in [-0.1, -0.05) is 0 Å². The maximum absolute atomic E-state index is 8.35. The van der Waals surface area contributed by atoms with Gasteiger partial charge in [-0.05, 0) is 22.6 Å². The Labute approximate surface area is 66.4 Å². The first-order valence-corrected chi connectivity index (χ1v) is 3.41. The fourth-order valence-electron chi connectivity index (χ4n) is 0.499. The molecule has 0 aliphatic heterocycles. The van der Waals surface area contributed by atoms with Crippen molar-refractivity contribution in [2.75, 3.05) is 0 Å². The van der Waals surface area contributed by atoms with Crippen LogP contribution in [0.2, 0.25) is 0 Å². The molecule has 4 heteroatoms. The summed E-state index contributed by atoms with van der Waals surface area (Å²) >= 11 is 2.12. The Morgan fingerprint density at radius 2 is 2.56 bits per heavy atom. The van der Waals surface area contributed by atoms with Crippen LogP contribution in [0.15, 0.2) is 6.07 Å². The van der Waals surface area contributed by atoms with Crippen molar-refractivity contribution in [3.8, 4) is 6.07 Å². The minimum atomic E-state index is 0.474. The van der Waals surface area contributed by atoms with Gasteiger partial charge in [-0.2, -0.15) is 10.4 Å². The van der Waals surface area contributed by atoms with Crippen molar-refractivity contribution in [2.45, 2.75) is 0 Å². The molecule has 0 fully saturated rings. The highest BCUT2D eigenvalue weighted by Gasteiger charge is 1.97. The van der Waals surface area contributed by atoms with Crippen molar-refractivity contribution in [3.05, 3.63) is 15.5 Å². The summed E-state index contributed by atoms with van der Waals surface area (Å²) in [6.45, 7) is 0. The van der Waals surface area contributed by atoms with E-state index >= 15 is 0 Å². The number of aromatic nitrogens is 2. The standard InChI is InChI=1S/C5H4IN3/c1-9-5(6)2-4(3-7)8-9/h2H,1H3. The summed E-state index contributed by atoms with van der Waals surface area (Å²) < 4.78 is 2.64. The van der Waals surface area contributed by atoms with Crippen molar-refractivity contribution >= 4 is 22.6 Å². The predicted molar refractivity (Wildman–Crippen MR) is 40.6 cm³/mol. The van der Waals surface area contributed by atoms with Crippen molar-refractivity contribution in [3.63, 3.8) is 0 Å².